The van der Waals surface area contributed by atoms with E-state index in [1.165, 1.54) is 25.3 Å². The summed E-state index contributed by atoms with van der Waals surface area (Å²) in [5.41, 5.74) is 0.864. The van der Waals surface area contributed by atoms with Crippen LogP contribution < -0.4 is 18.9 Å². The maximum Gasteiger partial charge on any atom is 0.263 e. The van der Waals surface area contributed by atoms with Crippen LogP contribution in [0.25, 0.3) is 0 Å². The van der Waals surface area contributed by atoms with Gasteiger partial charge >= 0.3 is 0 Å². The molecule has 2 N–H and O–H groups in total. The third-order valence-electron chi connectivity index (χ3n) is 4.71. The predicted molar refractivity (Wildman–Crippen MR) is 129 cm³/mol. The number of methoxy groups -OCH3 is 1. The standard InChI is InChI=1S/C23H26ClN3O6S/c1-23(2,3)15-5-8-17(9-6-15)34(29,30)27-21-20(22(26-14-25-21)32-12-11-28)33-19-13-16(31-4)7-10-18(19)24/h5-10,13-14,28H,11-12H2,1-4H3,(H,25,26,27). The zero-order chi connectivity index (χ0) is 24.9. The van der Waals surface area contributed by atoms with Crippen molar-refractivity contribution in [1.82, 2.24) is 9.97 Å². The van der Waals surface area contributed by atoms with Gasteiger partial charge in [0.05, 0.1) is 23.6 Å². The van der Waals surface area contributed by atoms with E-state index in [0.29, 0.717) is 5.75 Å². The van der Waals surface area contributed by atoms with Crippen LogP contribution in [0.1, 0.15) is 26.3 Å². The van der Waals surface area contributed by atoms with Crippen molar-refractivity contribution in [3.63, 3.8) is 0 Å². The Morgan fingerprint density at radius 2 is 1.79 bits per heavy atom. The fourth-order valence-corrected chi connectivity index (χ4v) is 4.05. The Labute approximate surface area is 203 Å². The highest BCUT2D eigenvalue weighted by atomic mass is 35.5. The largest absolute Gasteiger partial charge is 0.497 e. The lowest BCUT2D eigenvalue weighted by Crippen LogP contribution is -2.16. The number of ether oxygens (including phenoxy) is 3. The summed E-state index contributed by atoms with van der Waals surface area (Å²) in [7, 11) is -2.55. The molecule has 9 nitrogen and oxygen atoms in total. The first-order valence-corrected chi connectivity index (χ1v) is 12.1. The Balaban J connectivity index is 2.01. The van der Waals surface area contributed by atoms with Crippen molar-refractivity contribution in [2.45, 2.75) is 31.1 Å². The fraction of sp³-hybridized carbons (Fsp3) is 0.304. The minimum absolute atomic E-state index is 0.0438. The van der Waals surface area contributed by atoms with E-state index in [-0.39, 0.29) is 51.7 Å². The molecule has 0 spiro atoms. The number of hydrogen-bond donors (Lipinski definition) is 2. The maximum absolute atomic E-state index is 13.1. The number of rotatable bonds is 9. The molecule has 11 heteroatoms. The van der Waals surface area contributed by atoms with Crippen molar-refractivity contribution in [3.8, 4) is 23.1 Å². The van der Waals surface area contributed by atoms with Crippen LogP contribution in [0.3, 0.4) is 0 Å². The molecule has 0 aliphatic rings. The van der Waals surface area contributed by atoms with Gasteiger partial charge in [0, 0.05) is 6.07 Å². The fourth-order valence-electron chi connectivity index (χ4n) is 2.89. The SMILES string of the molecule is COc1ccc(Cl)c(Oc2c(NS(=O)(=O)c3ccc(C(C)(C)C)cc3)ncnc2OCCO)c1. The van der Waals surface area contributed by atoms with E-state index in [4.69, 9.17) is 30.9 Å². The number of sulfonamides is 1. The highest BCUT2D eigenvalue weighted by Gasteiger charge is 2.24. The summed E-state index contributed by atoms with van der Waals surface area (Å²) in [6, 6.07) is 11.3. The van der Waals surface area contributed by atoms with Crippen LogP contribution in [0.5, 0.6) is 23.1 Å². The number of aliphatic hydroxyl groups excluding tert-OH is 1. The zero-order valence-corrected chi connectivity index (χ0v) is 20.8. The Morgan fingerprint density at radius 1 is 1.09 bits per heavy atom. The van der Waals surface area contributed by atoms with Crippen LogP contribution in [0, 0.1) is 0 Å². The quantitative estimate of drug-likeness (QED) is 0.437. The van der Waals surface area contributed by atoms with Crippen molar-refractivity contribution in [2.24, 2.45) is 0 Å². The van der Waals surface area contributed by atoms with E-state index in [1.54, 1.807) is 24.3 Å². The normalized spacial score (nSPS) is 11.7. The van der Waals surface area contributed by atoms with Crippen LogP contribution in [0.4, 0.5) is 5.82 Å². The van der Waals surface area contributed by atoms with E-state index < -0.39 is 10.0 Å². The Hall–Kier alpha value is -3.08. The second-order valence-corrected chi connectivity index (χ2v) is 10.3. The van der Waals surface area contributed by atoms with Crippen LogP contribution in [0.2, 0.25) is 5.02 Å². The minimum Gasteiger partial charge on any atom is -0.497 e. The summed E-state index contributed by atoms with van der Waals surface area (Å²) in [4.78, 5) is 8.09. The molecule has 0 saturated heterocycles. The molecule has 0 radical (unpaired) electrons. The monoisotopic (exact) mass is 507 g/mol. The molecule has 34 heavy (non-hydrogen) atoms. The molecular formula is C23H26ClN3O6S. The van der Waals surface area contributed by atoms with Gasteiger partial charge in [-0.1, -0.05) is 44.5 Å². The van der Waals surface area contributed by atoms with Gasteiger partial charge in [-0.3, -0.25) is 4.72 Å². The Bertz CT molecular complexity index is 1240. The van der Waals surface area contributed by atoms with Crippen LogP contribution in [-0.2, 0) is 15.4 Å². The molecule has 0 aliphatic heterocycles. The maximum atomic E-state index is 13.1. The number of benzene rings is 2. The molecule has 2 aromatic carbocycles. The first-order chi connectivity index (χ1) is 16.0. The average molecular weight is 508 g/mol. The molecule has 1 aromatic heterocycles. The highest BCUT2D eigenvalue weighted by molar-refractivity contribution is 7.92. The smallest absolute Gasteiger partial charge is 0.263 e. The summed E-state index contributed by atoms with van der Waals surface area (Å²) in [6.45, 7) is 5.73. The van der Waals surface area contributed by atoms with Crippen LogP contribution >= 0.6 is 11.6 Å². The zero-order valence-electron chi connectivity index (χ0n) is 19.2. The predicted octanol–water partition coefficient (Wildman–Crippen LogP) is 4.40. The summed E-state index contributed by atoms with van der Waals surface area (Å²) in [5, 5.41) is 9.39. The minimum atomic E-state index is -4.03. The second-order valence-electron chi connectivity index (χ2n) is 8.21. The van der Waals surface area contributed by atoms with Crippen molar-refractivity contribution < 1.29 is 27.7 Å². The van der Waals surface area contributed by atoms with E-state index in [9.17, 15) is 8.42 Å². The molecule has 1 heterocycles. The van der Waals surface area contributed by atoms with Crippen LogP contribution in [-0.4, -0.2) is 43.8 Å². The topological polar surface area (TPSA) is 120 Å². The number of nitrogens with one attached hydrogen (secondary N) is 1. The summed E-state index contributed by atoms with van der Waals surface area (Å²) in [6.07, 6.45) is 1.12. The third-order valence-corrected chi connectivity index (χ3v) is 6.38. The van der Waals surface area contributed by atoms with Gasteiger partial charge in [0.2, 0.25) is 5.75 Å². The van der Waals surface area contributed by atoms with Crippen molar-refractivity contribution in [2.75, 3.05) is 25.0 Å². The first kappa shape index (κ1) is 25.5. The van der Waals surface area contributed by atoms with Gasteiger partial charge in [0.1, 0.15) is 24.4 Å². The highest BCUT2D eigenvalue weighted by Crippen LogP contribution is 2.40. The van der Waals surface area contributed by atoms with Crippen molar-refractivity contribution in [3.05, 3.63) is 59.4 Å². The van der Waals surface area contributed by atoms with E-state index in [2.05, 4.69) is 14.7 Å². The molecule has 0 amide bonds. The molecule has 3 rings (SSSR count). The lowest BCUT2D eigenvalue weighted by molar-refractivity contribution is 0.192. The van der Waals surface area contributed by atoms with Gasteiger partial charge < -0.3 is 19.3 Å². The molecule has 0 bridgehead atoms. The summed E-state index contributed by atoms with van der Waals surface area (Å²) >= 11 is 6.25. The number of halogens is 1. The molecule has 0 atom stereocenters. The van der Waals surface area contributed by atoms with E-state index in [1.807, 2.05) is 20.8 Å². The van der Waals surface area contributed by atoms with Gasteiger partial charge in [-0.2, -0.15) is 4.98 Å². The number of nitrogens with zero attached hydrogens (tertiary/aromatic N) is 2. The number of hydrogen-bond acceptors (Lipinski definition) is 8. The number of anilines is 1. The lowest BCUT2D eigenvalue weighted by atomic mass is 9.87. The van der Waals surface area contributed by atoms with Gasteiger partial charge in [-0.05, 0) is 35.2 Å². The van der Waals surface area contributed by atoms with Gasteiger partial charge in [0.15, 0.2) is 5.82 Å². The van der Waals surface area contributed by atoms with Crippen molar-refractivity contribution in [1.29, 1.82) is 0 Å². The van der Waals surface area contributed by atoms with E-state index in [0.717, 1.165) is 11.9 Å². The second kappa shape index (κ2) is 10.5. The van der Waals surface area contributed by atoms with Gasteiger partial charge in [0.25, 0.3) is 15.9 Å². The number of aromatic nitrogens is 2. The molecule has 182 valence electrons. The Kier molecular flexibility index (Phi) is 7.86. The molecule has 0 saturated carbocycles. The van der Waals surface area contributed by atoms with Gasteiger partial charge in [-0.25, -0.2) is 13.4 Å². The Morgan fingerprint density at radius 3 is 2.41 bits per heavy atom. The molecule has 0 unspecified atom stereocenters. The molecular weight excluding hydrogens is 482 g/mol. The number of aliphatic hydroxyl groups is 1. The molecule has 0 fully saturated rings. The van der Waals surface area contributed by atoms with Crippen LogP contribution in [0.15, 0.2) is 53.7 Å². The third kappa shape index (κ3) is 6.07. The van der Waals surface area contributed by atoms with Gasteiger partial charge in [-0.15, -0.1) is 0 Å². The van der Waals surface area contributed by atoms with Crippen molar-refractivity contribution >= 4 is 27.4 Å². The van der Waals surface area contributed by atoms with E-state index >= 15 is 0 Å². The summed E-state index contributed by atoms with van der Waals surface area (Å²) < 4.78 is 45.2. The lowest BCUT2D eigenvalue weighted by Gasteiger charge is -2.19. The first-order valence-electron chi connectivity index (χ1n) is 10.3. The average Bonchev–Trinajstić information content (AvgIpc) is 2.80. The summed E-state index contributed by atoms with van der Waals surface area (Å²) in [5.74, 6) is 0.265. The molecule has 3 aromatic rings. The molecule has 0 aliphatic carbocycles.